The summed E-state index contributed by atoms with van der Waals surface area (Å²) < 4.78 is 4.64. The molecule has 1 amide bonds. The second-order valence-electron chi connectivity index (χ2n) is 5.59. The number of benzene rings is 1. The molecule has 7 heteroatoms. The predicted molar refractivity (Wildman–Crippen MR) is 90.3 cm³/mol. The molecule has 0 aliphatic rings. The summed E-state index contributed by atoms with van der Waals surface area (Å²) in [5, 5.41) is 5.81. The van der Waals surface area contributed by atoms with Gasteiger partial charge in [0.05, 0.1) is 18.2 Å². The first-order chi connectivity index (χ1) is 11.5. The third-order valence-corrected chi connectivity index (χ3v) is 3.15. The molecule has 24 heavy (non-hydrogen) atoms. The minimum atomic E-state index is -0.394. The fourth-order valence-corrected chi connectivity index (χ4v) is 1.85. The summed E-state index contributed by atoms with van der Waals surface area (Å²) in [6.07, 6.45) is 2.93. The van der Waals surface area contributed by atoms with Gasteiger partial charge in [0, 0.05) is 24.6 Å². The van der Waals surface area contributed by atoms with Crippen molar-refractivity contribution in [2.24, 2.45) is 5.92 Å². The SMILES string of the molecule is COC(=O)c1ccc(Nc2ncc(C(=O)NCC(C)C)cn2)cc1. The fourth-order valence-electron chi connectivity index (χ4n) is 1.85. The van der Waals surface area contributed by atoms with Gasteiger partial charge in [-0.3, -0.25) is 4.79 Å². The Morgan fingerprint density at radius 3 is 2.25 bits per heavy atom. The number of carbonyl (C=O) groups is 2. The molecule has 0 fully saturated rings. The maximum atomic E-state index is 11.9. The van der Waals surface area contributed by atoms with Crippen LogP contribution in [-0.2, 0) is 4.74 Å². The summed E-state index contributed by atoms with van der Waals surface area (Å²) >= 11 is 0. The van der Waals surface area contributed by atoms with Gasteiger partial charge in [0.15, 0.2) is 0 Å². The molecular formula is C17H20N4O3. The molecular weight excluding hydrogens is 308 g/mol. The van der Waals surface area contributed by atoms with Gasteiger partial charge in [-0.05, 0) is 30.2 Å². The van der Waals surface area contributed by atoms with Gasteiger partial charge in [-0.15, -0.1) is 0 Å². The molecule has 1 heterocycles. The number of methoxy groups -OCH3 is 1. The molecule has 0 aliphatic carbocycles. The van der Waals surface area contributed by atoms with Gasteiger partial charge in [-0.1, -0.05) is 13.8 Å². The molecule has 2 aromatic rings. The lowest BCUT2D eigenvalue weighted by atomic mass is 10.2. The van der Waals surface area contributed by atoms with Crippen molar-refractivity contribution in [2.45, 2.75) is 13.8 Å². The molecule has 0 saturated carbocycles. The molecule has 126 valence electrons. The number of carbonyl (C=O) groups excluding carboxylic acids is 2. The van der Waals surface area contributed by atoms with Crippen molar-refractivity contribution in [1.29, 1.82) is 0 Å². The van der Waals surface area contributed by atoms with E-state index in [1.807, 2.05) is 13.8 Å². The molecule has 7 nitrogen and oxygen atoms in total. The van der Waals surface area contributed by atoms with Crippen LogP contribution in [-0.4, -0.2) is 35.5 Å². The lowest BCUT2D eigenvalue weighted by Gasteiger charge is -2.08. The number of nitrogens with zero attached hydrogens (tertiary/aromatic N) is 2. The predicted octanol–water partition coefficient (Wildman–Crippen LogP) is 2.39. The van der Waals surface area contributed by atoms with E-state index in [-0.39, 0.29) is 5.91 Å². The molecule has 0 unspecified atom stereocenters. The standard InChI is InChI=1S/C17H20N4O3/c1-11(2)8-18-15(22)13-9-19-17(20-10-13)21-14-6-4-12(5-7-14)16(23)24-3/h4-7,9-11H,8H2,1-3H3,(H,18,22)(H,19,20,21). The normalized spacial score (nSPS) is 10.3. The smallest absolute Gasteiger partial charge is 0.337 e. The third-order valence-electron chi connectivity index (χ3n) is 3.15. The zero-order chi connectivity index (χ0) is 17.5. The zero-order valence-electron chi connectivity index (χ0n) is 13.9. The topological polar surface area (TPSA) is 93.2 Å². The molecule has 1 aromatic carbocycles. The van der Waals surface area contributed by atoms with E-state index < -0.39 is 5.97 Å². The lowest BCUT2D eigenvalue weighted by molar-refractivity contribution is 0.0600. The summed E-state index contributed by atoms with van der Waals surface area (Å²) in [5.74, 6) is 0.150. The Kier molecular flexibility index (Phi) is 5.83. The molecule has 0 radical (unpaired) electrons. The van der Waals surface area contributed by atoms with Crippen molar-refractivity contribution in [2.75, 3.05) is 19.0 Å². The van der Waals surface area contributed by atoms with Gasteiger partial charge in [-0.25, -0.2) is 14.8 Å². The Morgan fingerprint density at radius 1 is 1.08 bits per heavy atom. The Hall–Kier alpha value is -2.96. The van der Waals surface area contributed by atoms with Crippen LogP contribution in [0.5, 0.6) is 0 Å². The highest BCUT2D eigenvalue weighted by molar-refractivity contribution is 5.93. The highest BCUT2D eigenvalue weighted by atomic mass is 16.5. The van der Waals surface area contributed by atoms with Gasteiger partial charge in [0.25, 0.3) is 5.91 Å². The number of nitrogens with one attached hydrogen (secondary N) is 2. The van der Waals surface area contributed by atoms with Crippen LogP contribution in [0.1, 0.15) is 34.6 Å². The summed E-state index contributed by atoms with van der Waals surface area (Å²) in [5.41, 5.74) is 1.59. The number of hydrogen-bond acceptors (Lipinski definition) is 6. The van der Waals surface area contributed by atoms with Gasteiger partial charge < -0.3 is 15.4 Å². The average molecular weight is 328 g/mol. The second-order valence-corrected chi connectivity index (χ2v) is 5.59. The van der Waals surface area contributed by atoms with Crippen LogP contribution < -0.4 is 10.6 Å². The van der Waals surface area contributed by atoms with E-state index in [9.17, 15) is 9.59 Å². The first kappa shape index (κ1) is 17.4. The highest BCUT2D eigenvalue weighted by Crippen LogP contribution is 2.14. The maximum Gasteiger partial charge on any atom is 0.337 e. The first-order valence-electron chi connectivity index (χ1n) is 7.55. The van der Waals surface area contributed by atoms with Crippen molar-refractivity contribution < 1.29 is 14.3 Å². The summed E-state index contributed by atoms with van der Waals surface area (Å²) in [6.45, 7) is 4.65. The molecule has 0 saturated heterocycles. The van der Waals surface area contributed by atoms with Crippen LogP contribution in [0, 0.1) is 5.92 Å². The minimum Gasteiger partial charge on any atom is -0.465 e. The Labute approximate surface area is 140 Å². The second kappa shape index (κ2) is 8.05. The molecule has 1 aromatic heterocycles. The number of amides is 1. The Bertz CT molecular complexity index is 697. The van der Waals surface area contributed by atoms with E-state index in [2.05, 4.69) is 25.3 Å². The quantitative estimate of drug-likeness (QED) is 0.791. The monoisotopic (exact) mass is 328 g/mol. The van der Waals surface area contributed by atoms with E-state index >= 15 is 0 Å². The molecule has 2 rings (SSSR count). The summed E-state index contributed by atoms with van der Waals surface area (Å²) in [4.78, 5) is 31.5. The number of esters is 1. The zero-order valence-corrected chi connectivity index (χ0v) is 13.9. The molecule has 0 bridgehead atoms. The lowest BCUT2D eigenvalue weighted by Crippen LogP contribution is -2.27. The maximum absolute atomic E-state index is 11.9. The number of rotatable bonds is 6. The van der Waals surface area contributed by atoms with Crippen LogP contribution in [0.3, 0.4) is 0 Å². The van der Waals surface area contributed by atoms with E-state index in [0.717, 1.165) is 5.69 Å². The number of anilines is 2. The average Bonchev–Trinajstić information content (AvgIpc) is 2.60. The molecule has 0 spiro atoms. The first-order valence-corrected chi connectivity index (χ1v) is 7.55. The summed E-state index contributed by atoms with van der Waals surface area (Å²) in [7, 11) is 1.33. The minimum absolute atomic E-state index is 0.197. The highest BCUT2D eigenvalue weighted by Gasteiger charge is 2.08. The van der Waals surface area contributed by atoms with Gasteiger partial charge in [0.1, 0.15) is 0 Å². The number of hydrogen-bond donors (Lipinski definition) is 2. The van der Waals surface area contributed by atoms with E-state index in [1.165, 1.54) is 19.5 Å². The van der Waals surface area contributed by atoms with Crippen LogP contribution in [0.25, 0.3) is 0 Å². The van der Waals surface area contributed by atoms with Crippen molar-refractivity contribution in [3.8, 4) is 0 Å². The van der Waals surface area contributed by atoms with Gasteiger partial charge >= 0.3 is 5.97 Å². The summed E-state index contributed by atoms with van der Waals surface area (Å²) in [6, 6.07) is 6.72. The van der Waals surface area contributed by atoms with Crippen molar-refractivity contribution >= 4 is 23.5 Å². The van der Waals surface area contributed by atoms with E-state index in [1.54, 1.807) is 24.3 Å². The Balaban J connectivity index is 1.98. The van der Waals surface area contributed by atoms with E-state index in [4.69, 9.17) is 0 Å². The van der Waals surface area contributed by atoms with Gasteiger partial charge in [0.2, 0.25) is 5.95 Å². The largest absolute Gasteiger partial charge is 0.465 e. The fraction of sp³-hybridized carbons (Fsp3) is 0.294. The van der Waals surface area contributed by atoms with Crippen LogP contribution in [0.15, 0.2) is 36.7 Å². The Morgan fingerprint density at radius 2 is 1.71 bits per heavy atom. The molecule has 0 atom stereocenters. The molecule has 0 aliphatic heterocycles. The number of ether oxygens (including phenoxy) is 1. The van der Waals surface area contributed by atoms with Crippen molar-refractivity contribution in [3.63, 3.8) is 0 Å². The van der Waals surface area contributed by atoms with Crippen LogP contribution >= 0.6 is 0 Å². The van der Waals surface area contributed by atoms with Crippen molar-refractivity contribution in [1.82, 2.24) is 15.3 Å². The van der Waals surface area contributed by atoms with Gasteiger partial charge in [-0.2, -0.15) is 0 Å². The van der Waals surface area contributed by atoms with E-state index in [0.29, 0.717) is 29.5 Å². The van der Waals surface area contributed by atoms with Crippen LogP contribution in [0.2, 0.25) is 0 Å². The van der Waals surface area contributed by atoms with Crippen molar-refractivity contribution in [3.05, 3.63) is 47.8 Å². The molecule has 2 N–H and O–H groups in total. The van der Waals surface area contributed by atoms with Crippen LogP contribution in [0.4, 0.5) is 11.6 Å². The third kappa shape index (κ3) is 4.77. The number of aromatic nitrogens is 2.